The van der Waals surface area contributed by atoms with Crippen LogP contribution in [0.4, 0.5) is 0 Å². The van der Waals surface area contributed by atoms with Gasteiger partial charge in [0, 0.05) is 5.92 Å². The Bertz CT molecular complexity index is 819. The number of hydrogen-bond acceptors (Lipinski definition) is 5. The lowest BCUT2D eigenvalue weighted by Gasteiger charge is -2.44. The summed E-state index contributed by atoms with van der Waals surface area (Å²) in [4.78, 5) is 25.4. The highest BCUT2D eigenvalue weighted by Gasteiger charge is 2.42. The zero-order valence-corrected chi connectivity index (χ0v) is 17.2. The summed E-state index contributed by atoms with van der Waals surface area (Å²) in [6.07, 6.45) is 8.96. The largest absolute Gasteiger partial charge is 0.508 e. The summed E-state index contributed by atoms with van der Waals surface area (Å²) < 4.78 is 4.93. The smallest absolute Gasteiger partial charge is 0.328 e. The Morgan fingerprint density at radius 2 is 2.14 bits per heavy atom. The zero-order valence-electron chi connectivity index (χ0n) is 17.2. The number of methoxy groups -OCH3 is 1. The molecule has 2 aliphatic rings. The van der Waals surface area contributed by atoms with Gasteiger partial charge in [0.05, 0.1) is 13.2 Å². The molecule has 0 saturated carbocycles. The van der Waals surface area contributed by atoms with E-state index in [2.05, 4.69) is 24.5 Å². The van der Waals surface area contributed by atoms with E-state index in [1.165, 1.54) is 7.11 Å². The zero-order chi connectivity index (χ0) is 21.0. The van der Waals surface area contributed by atoms with E-state index in [0.29, 0.717) is 19.4 Å². The van der Waals surface area contributed by atoms with E-state index < -0.39 is 18.1 Å². The molecule has 0 radical (unpaired) electrons. The van der Waals surface area contributed by atoms with Gasteiger partial charge in [-0.05, 0) is 48.4 Å². The highest BCUT2D eigenvalue weighted by atomic mass is 16.5. The topological polar surface area (TPSA) is 87.7 Å². The minimum absolute atomic E-state index is 0.128. The van der Waals surface area contributed by atoms with Crippen LogP contribution in [0.5, 0.6) is 5.75 Å². The number of nitrogens with one attached hydrogen (secondary N) is 2. The molecule has 3 N–H and O–H groups in total. The first-order valence-electron chi connectivity index (χ1n) is 10.1. The fourth-order valence-electron chi connectivity index (χ4n) is 4.26. The van der Waals surface area contributed by atoms with Crippen LogP contribution in [-0.4, -0.2) is 42.7 Å². The number of esters is 1. The molecule has 0 aromatic heterocycles. The fraction of sp³-hybridized carbons (Fsp3) is 0.478. The number of ether oxygens (including phenoxy) is 1. The number of hydrogen-bond donors (Lipinski definition) is 3. The van der Waals surface area contributed by atoms with Crippen LogP contribution in [0.2, 0.25) is 0 Å². The number of amides is 1. The predicted molar refractivity (Wildman–Crippen MR) is 111 cm³/mol. The summed E-state index contributed by atoms with van der Waals surface area (Å²) in [5, 5.41) is 16.1. The second kappa shape index (κ2) is 8.82. The van der Waals surface area contributed by atoms with E-state index >= 15 is 0 Å². The van der Waals surface area contributed by atoms with Gasteiger partial charge in [0.15, 0.2) is 0 Å². The molecule has 0 bridgehead atoms. The molecule has 1 fully saturated rings. The fourth-order valence-corrected chi connectivity index (χ4v) is 4.26. The molecule has 29 heavy (non-hydrogen) atoms. The van der Waals surface area contributed by atoms with Crippen molar-refractivity contribution >= 4 is 11.9 Å². The van der Waals surface area contributed by atoms with Crippen molar-refractivity contribution in [3.8, 4) is 5.75 Å². The van der Waals surface area contributed by atoms with Crippen LogP contribution in [-0.2, 0) is 19.7 Å². The van der Waals surface area contributed by atoms with Gasteiger partial charge >= 0.3 is 5.97 Å². The Hall–Kier alpha value is -2.60. The van der Waals surface area contributed by atoms with Crippen molar-refractivity contribution in [2.75, 3.05) is 13.7 Å². The van der Waals surface area contributed by atoms with Crippen LogP contribution >= 0.6 is 0 Å². The second-order valence-corrected chi connectivity index (χ2v) is 8.26. The summed E-state index contributed by atoms with van der Waals surface area (Å²) in [6, 6.07) is 6.09. The first kappa shape index (κ1) is 21.1. The van der Waals surface area contributed by atoms with Gasteiger partial charge in [-0.3, -0.25) is 4.79 Å². The van der Waals surface area contributed by atoms with E-state index in [-0.39, 0.29) is 28.9 Å². The number of aromatic hydroxyl groups is 1. The van der Waals surface area contributed by atoms with Gasteiger partial charge < -0.3 is 20.5 Å². The normalized spacial score (nSPS) is 29.8. The molecule has 6 heteroatoms. The number of allylic oxidation sites excluding steroid dienone is 3. The van der Waals surface area contributed by atoms with E-state index in [0.717, 1.165) is 5.56 Å². The second-order valence-electron chi connectivity index (χ2n) is 8.26. The maximum atomic E-state index is 13.1. The van der Waals surface area contributed by atoms with Crippen molar-refractivity contribution in [1.82, 2.24) is 10.6 Å². The molecule has 3 rings (SSSR count). The van der Waals surface area contributed by atoms with Crippen molar-refractivity contribution < 1.29 is 19.4 Å². The third-order valence-electron chi connectivity index (χ3n) is 6.40. The van der Waals surface area contributed by atoms with E-state index in [1.807, 2.05) is 36.4 Å². The predicted octanol–water partition coefficient (Wildman–Crippen LogP) is 2.44. The molecule has 3 unspecified atom stereocenters. The maximum absolute atomic E-state index is 13.1. The minimum atomic E-state index is -0.720. The molecule has 5 atom stereocenters. The summed E-state index contributed by atoms with van der Waals surface area (Å²) >= 11 is 0. The number of phenolic OH excluding ortho intramolecular Hbond substituents is 1. The van der Waals surface area contributed by atoms with Crippen molar-refractivity contribution in [2.24, 2.45) is 11.8 Å². The molecule has 6 nitrogen and oxygen atoms in total. The molecular formula is C23H30N2O4. The van der Waals surface area contributed by atoms with Gasteiger partial charge in [0.2, 0.25) is 5.91 Å². The molecular weight excluding hydrogens is 368 g/mol. The van der Waals surface area contributed by atoms with Crippen molar-refractivity contribution in [2.45, 2.75) is 44.2 Å². The maximum Gasteiger partial charge on any atom is 0.328 e. The van der Waals surface area contributed by atoms with E-state index in [4.69, 9.17) is 4.74 Å². The Morgan fingerprint density at radius 1 is 1.34 bits per heavy atom. The summed E-state index contributed by atoms with van der Waals surface area (Å²) in [7, 11) is 1.34. The highest BCUT2D eigenvalue weighted by Crippen LogP contribution is 2.40. The molecule has 1 saturated heterocycles. The van der Waals surface area contributed by atoms with Crippen LogP contribution in [0.25, 0.3) is 0 Å². The number of piperidine rings is 1. The first-order valence-corrected chi connectivity index (χ1v) is 10.1. The summed E-state index contributed by atoms with van der Waals surface area (Å²) in [6.45, 7) is 4.93. The minimum Gasteiger partial charge on any atom is -0.508 e. The third-order valence-corrected chi connectivity index (χ3v) is 6.40. The standard InChI is InChI=1S/C23H30N2O4/c1-15-14-24-19(13-23(15,2)17-10-7-11-18(26)12-17)21(27)25-20(22(28)29-3)16-8-5-4-6-9-16/h4-8,10-12,15-16,19-20,24,26H,9,13-14H2,1-3H3,(H,25,27)/t15?,16?,19?,20-,23+/m0/s1. The van der Waals surface area contributed by atoms with Crippen LogP contribution < -0.4 is 10.6 Å². The van der Waals surface area contributed by atoms with Crippen LogP contribution in [0, 0.1) is 11.8 Å². The molecule has 1 aromatic carbocycles. The lowest BCUT2D eigenvalue weighted by molar-refractivity contribution is -0.146. The summed E-state index contributed by atoms with van der Waals surface area (Å²) in [5.41, 5.74) is 0.731. The Labute approximate surface area is 172 Å². The molecule has 1 amide bonds. The van der Waals surface area contributed by atoms with Gasteiger partial charge in [-0.15, -0.1) is 0 Å². The lowest BCUT2D eigenvalue weighted by Crippen LogP contribution is -2.59. The Morgan fingerprint density at radius 3 is 2.79 bits per heavy atom. The monoisotopic (exact) mass is 398 g/mol. The van der Waals surface area contributed by atoms with Crippen molar-refractivity contribution in [1.29, 1.82) is 0 Å². The van der Waals surface area contributed by atoms with Gasteiger partial charge in [0.1, 0.15) is 11.8 Å². The highest BCUT2D eigenvalue weighted by molar-refractivity contribution is 5.88. The van der Waals surface area contributed by atoms with Crippen LogP contribution in [0.3, 0.4) is 0 Å². The van der Waals surface area contributed by atoms with Gasteiger partial charge in [-0.2, -0.15) is 0 Å². The summed E-state index contributed by atoms with van der Waals surface area (Å²) in [5.74, 6) is -0.282. The molecule has 1 aliphatic heterocycles. The van der Waals surface area contributed by atoms with E-state index in [1.54, 1.807) is 12.1 Å². The Kier molecular flexibility index (Phi) is 6.42. The quantitative estimate of drug-likeness (QED) is 0.663. The molecule has 1 aromatic rings. The Balaban J connectivity index is 1.76. The number of carbonyl (C=O) groups excluding carboxylic acids is 2. The van der Waals surface area contributed by atoms with Crippen molar-refractivity contribution in [3.63, 3.8) is 0 Å². The van der Waals surface area contributed by atoms with Gasteiger partial charge in [-0.1, -0.05) is 50.3 Å². The molecule has 1 aliphatic carbocycles. The third kappa shape index (κ3) is 4.53. The molecule has 1 heterocycles. The van der Waals surface area contributed by atoms with Gasteiger partial charge in [0.25, 0.3) is 0 Å². The molecule has 156 valence electrons. The lowest BCUT2D eigenvalue weighted by atomic mass is 9.66. The number of phenols is 1. The van der Waals surface area contributed by atoms with E-state index in [9.17, 15) is 14.7 Å². The number of rotatable bonds is 5. The van der Waals surface area contributed by atoms with Crippen molar-refractivity contribution in [3.05, 3.63) is 54.1 Å². The van der Waals surface area contributed by atoms with Crippen LogP contribution in [0.1, 0.15) is 32.3 Å². The first-order chi connectivity index (χ1) is 13.8. The average Bonchev–Trinajstić information content (AvgIpc) is 2.74. The number of carbonyl (C=O) groups is 2. The van der Waals surface area contributed by atoms with Gasteiger partial charge in [-0.25, -0.2) is 4.79 Å². The SMILES string of the molecule is COC(=O)[C@@H](NC(=O)C1C[C@@](C)(c2cccc(O)c2)C(C)CN1)C1C=CC=CC1. The number of benzene rings is 1. The van der Waals surface area contributed by atoms with Crippen LogP contribution in [0.15, 0.2) is 48.6 Å². The average molecular weight is 399 g/mol. The molecule has 0 spiro atoms.